The number of hydrogen-bond donors (Lipinski definition) is 1. The molecule has 6 nitrogen and oxygen atoms in total. The summed E-state index contributed by atoms with van der Waals surface area (Å²) in [5.74, 6) is -1.03. The highest BCUT2D eigenvalue weighted by molar-refractivity contribution is 6.04. The van der Waals surface area contributed by atoms with Crippen molar-refractivity contribution in [2.75, 3.05) is 12.4 Å². The molecule has 0 unspecified atom stereocenters. The molecule has 0 spiro atoms. The number of rotatable bonds is 5. The molecule has 4 aromatic rings. The van der Waals surface area contributed by atoms with Gasteiger partial charge in [-0.05, 0) is 60.7 Å². The number of aromatic nitrogens is 3. The Morgan fingerprint density at radius 3 is 2.33 bits per heavy atom. The van der Waals surface area contributed by atoms with E-state index in [1.807, 2.05) is 0 Å². The lowest BCUT2D eigenvalue weighted by Gasteiger charge is -2.09. The summed E-state index contributed by atoms with van der Waals surface area (Å²) in [5.41, 5.74) is 1.75. The normalized spacial score (nSPS) is 10.6. The van der Waals surface area contributed by atoms with Gasteiger partial charge in [0.2, 0.25) is 0 Å². The van der Waals surface area contributed by atoms with E-state index < -0.39 is 11.7 Å². The van der Waals surface area contributed by atoms with E-state index in [-0.39, 0.29) is 17.4 Å². The Labute approximate surface area is 170 Å². The second-order valence-electron chi connectivity index (χ2n) is 6.32. The van der Waals surface area contributed by atoms with Crippen molar-refractivity contribution >= 4 is 11.6 Å². The van der Waals surface area contributed by atoms with E-state index in [4.69, 9.17) is 4.74 Å². The monoisotopic (exact) mass is 406 g/mol. The molecule has 1 aromatic heterocycles. The molecule has 30 heavy (non-hydrogen) atoms. The first-order valence-corrected chi connectivity index (χ1v) is 8.98. The van der Waals surface area contributed by atoms with E-state index in [1.165, 1.54) is 37.4 Å². The molecule has 1 N–H and O–H groups in total. The summed E-state index contributed by atoms with van der Waals surface area (Å²) in [6, 6.07) is 18.5. The number of halogens is 2. The number of nitrogens with zero attached hydrogens (tertiary/aromatic N) is 3. The minimum Gasteiger partial charge on any atom is -0.466 e. The van der Waals surface area contributed by atoms with Crippen molar-refractivity contribution in [3.63, 3.8) is 0 Å². The molecule has 0 saturated carbocycles. The Hall–Kier alpha value is -4.07. The summed E-state index contributed by atoms with van der Waals surface area (Å²) >= 11 is 0. The standard InChI is InChI=1S/C22H16F2N4O2/c1-30-22-26-20(14-6-8-15(23)9-7-14)28(27-22)17-12-10-16(11-13-17)25-21(29)18-4-2-3-5-19(18)24/h2-13H,1H3,(H,25,29). The van der Waals surface area contributed by atoms with Crippen LogP contribution in [0.25, 0.3) is 17.1 Å². The van der Waals surface area contributed by atoms with Crippen LogP contribution >= 0.6 is 0 Å². The van der Waals surface area contributed by atoms with Gasteiger partial charge in [-0.1, -0.05) is 12.1 Å². The fraction of sp³-hybridized carbons (Fsp3) is 0.0455. The van der Waals surface area contributed by atoms with Gasteiger partial charge >= 0.3 is 6.01 Å². The second-order valence-corrected chi connectivity index (χ2v) is 6.32. The lowest BCUT2D eigenvalue weighted by Crippen LogP contribution is -2.13. The predicted molar refractivity (Wildman–Crippen MR) is 108 cm³/mol. The molecule has 3 aromatic carbocycles. The molecule has 0 bridgehead atoms. The van der Waals surface area contributed by atoms with Crippen LogP contribution in [0, 0.1) is 11.6 Å². The average molecular weight is 406 g/mol. The fourth-order valence-corrected chi connectivity index (χ4v) is 2.88. The molecule has 0 aliphatic rings. The van der Waals surface area contributed by atoms with Crippen LogP contribution in [-0.4, -0.2) is 27.8 Å². The van der Waals surface area contributed by atoms with Gasteiger partial charge in [-0.15, -0.1) is 5.10 Å². The summed E-state index contributed by atoms with van der Waals surface area (Å²) in [4.78, 5) is 16.6. The number of carbonyl (C=O) groups is 1. The first kappa shape index (κ1) is 19.3. The van der Waals surface area contributed by atoms with Gasteiger partial charge < -0.3 is 10.1 Å². The molecular formula is C22H16F2N4O2. The Kier molecular flexibility index (Phi) is 5.21. The Bertz CT molecular complexity index is 1190. The van der Waals surface area contributed by atoms with Crippen molar-refractivity contribution in [3.05, 3.63) is 90.0 Å². The van der Waals surface area contributed by atoms with Gasteiger partial charge in [-0.3, -0.25) is 4.79 Å². The van der Waals surface area contributed by atoms with Gasteiger partial charge in [0.05, 0.1) is 18.4 Å². The van der Waals surface area contributed by atoms with E-state index >= 15 is 0 Å². The van der Waals surface area contributed by atoms with Crippen molar-refractivity contribution < 1.29 is 18.3 Å². The number of amides is 1. The van der Waals surface area contributed by atoms with E-state index in [0.29, 0.717) is 22.8 Å². The van der Waals surface area contributed by atoms with E-state index in [9.17, 15) is 13.6 Å². The highest BCUT2D eigenvalue weighted by atomic mass is 19.1. The number of hydrogen-bond acceptors (Lipinski definition) is 4. The van der Waals surface area contributed by atoms with E-state index in [1.54, 1.807) is 47.1 Å². The number of anilines is 1. The maximum Gasteiger partial charge on any atom is 0.336 e. The molecule has 0 saturated heterocycles. The van der Waals surface area contributed by atoms with Crippen LogP contribution in [0.1, 0.15) is 10.4 Å². The van der Waals surface area contributed by atoms with Crippen molar-refractivity contribution in [3.8, 4) is 23.1 Å². The number of methoxy groups -OCH3 is 1. The SMILES string of the molecule is COc1nc(-c2ccc(F)cc2)n(-c2ccc(NC(=O)c3ccccc3F)cc2)n1. The van der Waals surface area contributed by atoms with Gasteiger partial charge in [-0.2, -0.15) is 4.98 Å². The molecule has 0 fully saturated rings. The van der Waals surface area contributed by atoms with Crippen LogP contribution in [0.4, 0.5) is 14.5 Å². The highest BCUT2D eigenvalue weighted by Crippen LogP contribution is 2.24. The zero-order valence-corrected chi connectivity index (χ0v) is 15.8. The van der Waals surface area contributed by atoms with Gasteiger partial charge in [0.1, 0.15) is 11.6 Å². The quantitative estimate of drug-likeness (QED) is 0.531. The van der Waals surface area contributed by atoms with Gasteiger partial charge in [-0.25, -0.2) is 13.5 Å². The first-order valence-electron chi connectivity index (χ1n) is 8.98. The Balaban J connectivity index is 1.61. The maximum atomic E-state index is 13.8. The lowest BCUT2D eigenvalue weighted by atomic mass is 10.2. The third-order valence-corrected chi connectivity index (χ3v) is 4.36. The van der Waals surface area contributed by atoms with Crippen LogP contribution in [0.15, 0.2) is 72.8 Å². The van der Waals surface area contributed by atoms with Crippen LogP contribution in [0.3, 0.4) is 0 Å². The summed E-state index contributed by atoms with van der Waals surface area (Å²) < 4.78 is 33.7. The summed E-state index contributed by atoms with van der Waals surface area (Å²) in [7, 11) is 1.45. The molecule has 4 rings (SSSR count). The molecule has 0 atom stereocenters. The maximum absolute atomic E-state index is 13.8. The van der Waals surface area contributed by atoms with Crippen LogP contribution in [0.5, 0.6) is 6.01 Å². The summed E-state index contributed by atoms with van der Waals surface area (Å²) in [5, 5.41) is 6.96. The zero-order valence-electron chi connectivity index (χ0n) is 15.8. The molecule has 0 aliphatic carbocycles. The minimum absolute atomic E-state index is 0.0406. The molecular weight excluding hydrogens is 390 g/mol. The van der Waals surface area contributed by atoms with E-state index in [2.05, 4.69) is 15.4 Å². The molecule has 150 valence electrons. The number of carbonyl (C=O) groups excluding carboxylic acids is 1. The predicted octanol–water partition coefficient (Wildman–Crippen LogP) is 4.47. The Morgan fingerprint density at radius 1 is 0.967 bits per heavy atom. The Morgan fingerprint density at radius 2 is 1.67 bits per heavy atom. The van der Waals surface area contributed by atoms with E-state index in [0.717, 1.165) is 0 Å². The van der Waals surface area contributed by atoms with Crippen molar-refractivity contribution in [2.24, 2.45) is 0 Å². The molecule has 1 amide bonds. The number of ether oxygens (including phenoxy) is 1. The minimum atomic E-state index is -0.592. The molecule has 0 radical (unpaired) electrons. The van der Waals surface area contributed by atoms with Crippen LogP contribution in [-0.2, 0) is 0 Å². The zero-order chi connectivity index (χ0) is 21.1. The highest BCUT2D eigenvalue weighted by Gasteiger charge is 2.15. The van der Waals surface area contributed by atoms with Gasteiger partial charge in [0.25, 0.3) is 5.91 Å². The first-order chi connectivity index (χ1) is 14.5. The summed E-state index contributed by atoms with van der Waals surface area (Å²) in [6.07, 6.45) is 0. The fourth-order valence-electron chi connectivity index (χ4n) is 2.88. The van der Waals surface area contributed by atoms with Crippen molar-refractivity contribution in [1.82, 2.24) is 14.8 Å². The van der Waals surface area contributed by atoms with Crippen LogP contribution < -0.4 is 10.1 Å². The average Bonchev–Trinajstić information content (AvgIpc) is 3.19. The van der Waals surface area contributed by atoms with Crippen molar-refractivity contribution in [1.29, 1.82) is 0 Å². The third kappa shape index (κ3) is 3.88. The largest absolute Gasteiger partial charge is 0.466 e. The molecule has 8 heteroatoms. The smallest absolute Gasteiger partial charge is 0.336 e. The van der Waals surface area contributed by atoms with Gasteiger partial charge in [0, 0.05) is 11.3 Å². The third-order valence-electron chi connectivity index (χ3n) is 4.36. The molecule has 1 heterocycles. The van der Waals surface area contributed by atoms with Crippen LogP contribution in [0.2, 0.25) is 0 Å². The van der Waals surface area contributed by atoms with Gasteiger partial charge in [0.15, 0.2) is 5.82 Å². The lowest BCUT2D eigenvalue weighted by molar-refractivity contribution is 0.102. The van der Waals surface area contributed by atoms with Crippen molar-refractivity contribution in [2.45, 2.75) is 0 Å². The summed E-state index contributed by atoms with van der Waals surface area (Å²) in [6.45, 7) is 0. The molecule has 0 aliphatic heterocycles. The number of benzene rings is 3. The second kappa shape index (κ2) is 8.12. The topological polar surface area (TPSA) is 69.0 Å². The number of nitrogens with one attached hydrogen (secondary N) is 1.